The third-order valence-electron chi connectivity index (χ3n) is 16.8. The fourth-order valence-corrected chi connectivity index (χ4v) is 13.6. The molecule has 0 saturated heterocycles. The van der Waals surface area contributed by atoms with Crippen LogP contribution in [0.3, 0.4) is 0 Å². The van der Waals surface area contributed by atoms with Gasteiger partial charge in [-0.3, -0.25) is 9.20 Å². The summed E-state index contributed by atoms with van der Waals surface area (Å²) in [6.45, 7) is 9.07. The minimum Gasteiger partial charge on any atom is -0.457 e. The lowest BCUT2D eigenvalue weighted by Gasteiger charge is -2.46. The van der Waals surface area contributed by atoms with E-state index in [4.69, 9.17) is 4.42 Å². The van der Waals surface area contributed by atoms with Crippen LogP contribution in [-0.2, 0) is 16.2 Å². The second-order valence-corrected chi connectivity index (χ2v) is 19.4. The summed E-state index contributed by atoms with van der Waals surface area (Å²) in [4.78, 5) is 31.6. The molecular weight excluding hydrogens is 725 g/mol. The minimum absolute atomic E-state index is 0.00748. The van der Waals surface area contributed by atoms with Crippen LogP contribution >= 0.6 is 0 Å². The summed E-state index contributed by atoms with van der Waals surface area (Å²) in [5.74, 6) is 0. The largest absolute Gasteiger partial charge is 0.457 e. The molecule has 2 aliphatic heterocycles. The third-order valence-corrected chi connectivity index (χ3v) is 16.8. The Hall–Kier alpha value is -6.34. The van der Waals surface area contributed by atoms with Crippen LogP contribution in [0.5, 0.6) is 0 Å². The van der Waals surface area contributed by atoms with Crippen molar-refractivity contribution in [2.45, 2.75) is 76.0 Å². The van der Waals surface area contributed by atoms with E-state index in [0.717, 1.165) is 91.4 Å². The van der Waals surface area contributed by atoms with Gasteiger partial charge in [-0.2, -0.15) is 0 Å². The predicted molar refractivity (Wildman–Crippen MR) is 241 cm³/mol. The van der Waals surface area contributed by atoms with Crippen LogP contribution in [0.1, 0.15) is 82.1 Å². The molecule has 7 heteroatoms. The van der Waals surface area contributed by atoms with Gasteiger partial charge in [0.25, 0.3) is 6.71 Å². The Bertz CT molecular complexity index is 3980. The summed E-state index contributed by atoms with van der Waals surface area (Å²) in [7, 11) is 0. The van der Waals surface area contributed by atoms with E-state index in [1.807, 2.05) is 20.9 Å². The van der Waals surface area contributed by atoms with Crippen molar-refractivity contribution in [3.8, 4) is 0 Å². The van der Waals surface area contributed by atoms with E-state index in [1.54, 1.807) is 0 Å². The quantitative estimate of drug-likeness (QED) is 0.0881. The maximum Gasteiger partial charge on any atom is 0.340 e. The second kappa shape index (κ2) is 9.58. The zero-order chi connectivity index (χ0) is 39.2. The molecule has 0 unspecified atom stereocenters. The summed E-state index contributed by atoms with van der Waals surface area (Å²) >= 11 is 0. The standard InChI is InChI=1S/C52H38BN3O3/c1-50(2)31-19-17-29-38-36(23-22-32(40(31)38)51(50,3)4)55-47-39(29)45(57)30-18-21-33-42-44(30)56(47)48-41(28-13-6-8-14-35(28)54(48)49(55)58)53(42)43-34(52(33)24-10-5-11-25-52)20-16-27-26-12-7-9-15-37(26)59-46(27)43/h6-9,12-23H,5,10-11,24-25H2,1-4H3. The van der Waals surface area contributed by atoms with E-state index in [2.05, 4.69) is 117 Å². The lowest BCUT2D eigenvalue weighted by Crippen LogP contribution is -2.64. The number of hydrogen-bond donors (Lipinski definition) is 0. The van der Waals surface area contributed by atoms with Crippen LogP contribution in [0.4, 0.5) is 0 Å². The maximum absolute atomic E-state index is 15.8. The third kappa shape index (κ3) is 3.10. The molecule has 0 radical (unpaired) electrons. The first-order valence-electron chi connectivity index (χ1n) is 21.4. The topological polar surface area (TPSA) is 60.5 Å². The summed E-state index contributed by atoms with van der Waals surface area (Å²) in [6.07, 6.45) is 5.58. The van der Waals surface area contributed by atoms with E-state index in [-0.39, 0.29) is 34.1 Å². The van der Waals surface area contributed by atoms with Gasteiger partial charge in [-0.25, -0.2) is 13.6 Å². The minimum atomic E-state index is -0.249. The molecule has 0 amide bonds. The number of aromatic nitrogens is 3. The van der Waals surface area contributed by atoms with Gasteiger partial charge in [0.05, 0.1) is 21.9 Å². The first-order chi connectivity index (χ1) is 28.6. The van der Waals surface area contributed by atoms with Gasteiger partial charge in [0.15, 0.2) is 5.43 Å². The molecule has 15 rings (SSSR count). The molecule has 6 nitrogen and oxygen atoms in total. The summed E-state index contributed by atoms with van der Waals surface area (Å²) in [6, 6.07) is 34.8. The van der Waals surface area contributed by atoms with Gasteiger partial charge in [0.2, 0.25) is 0 Å². The molecular formula is C52H38BN3O3. The fraction of sp³-hybridized carbons (Fsp3) is 0.231. The fourth-order valence-electron chi connectivity index (χ4n) is 13.6. The highest BCUT2D eigenvalue weighted by Gasteiger charge is 2.52. The van der Waals surface area contributed by atoms with Gasteiger partial charge in [-0.05, 0) is 103 Å². The Morgan fingerprint density at radius 1 is 0.525 bits per heavy atom. The molecule has 59 heavy (non-hydrogen) atoms. The van der Waals surface area contributed by atoms with Crippen molar-refractivity contribution in [2.75, 3.05) is 0 Å². The Labute approximate surface area is 337 Å². The van der Waals surface area contributed by atoms with Gasteiger partial charge in [0.1, 0.15) is 22.5 Å². The lowest BCUT2D eigenvalue weighted by molar-refractivity contribution is 0.322. The van der Waals surface area contributed by atoms with E-state index in [0.29, 0.717) is 16.4 Å². The van der Waals surface area contributed by atoms with E-state index < -0.39 is 0 Å². The van der Waals surface area contributed by atoms with Crippen molar-refractivity contribution in [3.05, 3.63) is 140 Å². The van der Waals surface area contributed by atoms with Crippen molar-refractivity contribution in [1.29, 1.82) is 0 Å². The van der Waals surface area contributed by atoms with Crippen LogP contribution in [0.25, 0.3) is 82.1 Å². The SMILES string of the molecule is CC1(C)c2ccc3c4c(=O)c5ccc6c7c5n5c8c(c9ccccc9n8c(=O)n(c8ccc(c2c38)C1(C)C)c45)B7c1c(ccc2c1oc1ccccc12)C61CCCCC1. The molecule has 11 aromatic rings. The van der Waals surface area contributed by atoms with Crippen LogP contribution < -0.4 is 27.5 Å². The number of nitrogens with zero attached hydrogens (tertiary/aromatic N) is 3. The van der Waals surface area contributed by atoms with Crippen molar-refractivity contribution in [3.63, 3.8) is 0 Å². The van der Waals surface area contributed by atoms with Crippen molar-refractivity contribution >= 4 is 105 Å². The number of hydrogen-bond acceptors (Lipinski definition) is 3. The Morgan fingerprint density at radius 2 is 1.17 bits per heavy atom. The number of furan rings is 1. The predicted octanol–water partition coefficient (Wildman–Crippen LogP) is 9.08. The Balaban J connectivity index is 1.25. The second-order valence-electron chi connectivity index (χ2n) is 19.4. The maximum atomic E-state index is 15.8. The Kier molecular flexibility index (Phi) is 5.14. The first-order valence-corrected chi connectivity index (χ1v) is 21.4. The molecule has 1 spiro atoms. The number of pyridine rings is 2. The number of fused-ring (bicyclic) bond motifs is 14. The molecule has 7 heterocycles. The lowest BCUT2D eigenvalue weighted by atomic mass is 9.29. The smallest absolute Gasteiger partial charge is 0.340 e. The molecule has 1 saturated carbocycles. The van der Waals surface area contributed by atoms with Crippen molar-refractivity contribution in [2.24, 2.45) is 0 Å². The van der Waals surface area contributed by atoms with Gasteiger partial charge >= 0.3 is 5.69 Å². The van der Waals surface area contributed by atoms with Gasteiger partial charge < -0.3 is 4.42 Å². The molecule has 4 aliphatic rings. The highest BCUT2D eigenvalue weighted by Crippen LogP contribution is 2.56. The van der Waals surface area contributed by atoms with Gasteiger partial charge in [-0.1, -0.05) is 120 Å². The van der Waals surface area contributed by atoms with Crippen LogP contribution in [0.15, 0.2) is 111 Å². The average molecular weight is 764 g/mol. The molecule has 1 fully saturated rings. The molecule has 0 bridgehead atoms. The number of rotatable bonds is 0. The number of para-hydroxylation sites is 2. The van der Waals surface area contributed by atoms with Crippen molar-refractivity contribution in [1.82, 2.24) is 13.2 Å². The zero-order valence-corrected chi connectivity index (χ0v) is 33.4. The molecule has 6 aromatic carbocycles. The molecule has 282 valence electrons. The normalized spacial score (nSPS) is 18.3. The summed E-state index contributed by atoms with van der Waals surface area (Å²) in [5, 5.41) is 7.73. The van der Waals surface area contributed by atoms with Crippen molar-refractivity contribution < 1.29 is 4.42 Å². The first kappa shape index (κ1) is 31.6. The van der Waals surface area contributed by atoms with Crippen LogP contribution in [0.2, 0.25) is 0 Å². The molecule has 2 aliphatic carbocycles. The monoisotopic (exact) mass is 763 g/mol. The van der Waals surface area contributed by atoms with Crippen LogP contribution in [-0.4, -0.2) is 19.9 Å². The van der Waals surface area contributed by atoms with Crippen LogP contribution in [0, 0.1) is 0 Å². The van der Waals surface area contributed by atoms with Gasteiger partial charge in [-0.15, -0.1) is 0 Å². The van der Waals surface area contributed by atoms with Gasteiger partial charge in [0, 0.05) is 27.0 Å². The highest BCUT2D eigenvalue weighted by atomic mass is 16.3. The highest BCUT2D eigenvalue weighted by molar-refractivity contribution is 7.01. The molecule has 5 aromatic heterocycles. The van der Waals surface area contributed by atoms with E-state index >= 15 is 9.59 Å². The van der Waals surface area contributed by atoms with E-state index in [9.17, 15) is 0 Å². The molecule has 0 atom stereocenters. The number of benzene rings is 6. The summed E-state index contributed by atoms with van der Waals surface area (Å²) < 4.78 is 13.2. The summed E-state index contributed by atoms with van der Waals surface area (Å²) in [5.41, 5.74) is 14.0. The van der Waals surface area contributed by atoms with E-state index in [1.165, 1.54) is 45.0 Å². The average Bonchev–Trinajstić information content (AvgIpc) is 3.85. The molecule has 0 N–H and O–H groups in total. The zero-order valence-electron chi connectivity index (χ0n) is 33.4. The Morgan fingerprint density at radius 3 is 1.97 bits per heavy atom.